The Bertz CT molecular complexity index is 1510. The Balaban J connectivity index is 1.80. The molecular formula is C26H26N4O5S3. The second-order valence-corrected chi connectivity index (χ2v) is 11.9. The average Bonchev–Trinajstić information content (AvgIpc) is 3.44. The van der Waals surface area contributed by atoms with Gasteiger partial charge in [0.2, 0.25) is 10.0 Å². The minimum absolute atomic E-state index is 0.0151. The first-order valence-corrected chi connectivity index (χ1v) is 14.5. The number of benzene rings is 2. The summed E-state index contributed by atoms with van der Waals surface area (Å²) in [6.07, 6.45) is 3.21. The van der Waals surface area contributed by atoms with E-state index in [1.165, 1.54) is 9.21 Å². The van der Waals surface area contributed by atoms with Crippen molar-refractivity contribution < 1.29 is 23.1 Å². The van der Waals surface area contributed by atoms with E-state index in [-0.39, 0.29) is 28.1 Å². The van der Waals surface area contributed by atoms with Crippen LogP contribution in [0.2, 0.25) is 0 Å². The molecule has 12 heteroatoms. The van der Waals surface area contributed by atoms with Crippen molar-refractivity contribution in [2.75, 3.05) is 19.6 Å². The highest BCUT2D eigenvalue weighted by Crippen LogP contribution is 2.35. The summed E-state index contributed by atoms with van der Waals surface area (Å²) in [7, 11) is -3.70. The fourth-order valence-corrected chi connectivity index (χ4v) is 6.79. The van der Waals surface area contributed by atoms with Crippen molar-refractivity contribution >= 4 is 56.3 Å². The zero-order valence-electron chi connectivity index (χ0n) is 20.8. The molecule has 1 aromatic heterocycles. The summed E-state index contributed by atoms with van der Waals surface area (Å²) in [5.41, 5.74) is 2.43. The van der Waals surface area contributed by atoms with Gasteiger partial charge in [-0.2, -0.15) is 9.40 Å². The number of thiocarbonyl (C=S) groups is 1. The van der Waals surface area contributed by atoms with Gasteiger partial charge in [-0.25, -0.2) is 13.1 Å². The molecule has 0 aliphatic carbocycles. The first-order chi connectivity index (χ1) is 18.1. The molecule has 4 rings (SSSR count). The first kappa shape index (κ1) is 27.7. The molecule has 198 valence electrons. The molecule has 0 atom stereocenters. The van der Waals surface area contributed by atoms with Crippen LogP contribution in [-0.2, 0) is 19.6 Å². The molecule has 3 aromatic rings. The molecule has 1 aliphatic heterocycles. The summed E-state index contributed by atoms with van der Waals surface area (Å²) in [6, 6.07) is 16.0. The van der Waals surface area contributed by atoms with E-state index in [1.807, 2.05) is 30.3 Å². The lowest BCUT2D eigenvalue weighted by Crippen LogP contribution is -2.30. The van der Waals surface area contributed by atoms with Gasteiger partial charge in [0.25, 0.3) is 5.91 Å². The number of carboxylic acids is 1. The van der Waals surface area contributed by atoms with Crippen molar-refractivity contribution in [3.8, 4) is 16.9 Å². The van der Waals surface area contributed by atoms with Gasteiger partial charge in [-0.1, -0.05) is 68.2 Å². The van der Waals surface area contributed by atoms with Crippen LogP contribution >= 0.6 is 24.0 Å². The molecule has 1 amide bonds. The molecule has 2 heterocycles. The van der Waals surface area contributed by atoms with Crippen molar-refractivity contribution in [3.63, 3.8) is 0 Å². The highest BCUT2D eigenvalue weighted by atomic mass is 32.2. The van der Waals surface area contributed by atoms with Gasteiger partial charge in [0.05, 0.1) is 21.9 Å². The van der Waals surface area contributed by atoms with Crippen LogP contribution in [0.3, 0.4) is 0 Å². The van der Waals surface area contributed by atoms with Crippen molar-refractivity contribution in [3.05, 3.63) is 71.3 Å². The second kappa shape index (κ2) is 11.6. The molecule has 1 fully saturated rings. The predicted molar refractivity (Wildman–Crippen MR) is 151 cm³/mol. The van der Waals surface area contributed by atoms with Gasteiger partial charge in [0.15, 0.2) is 0 Å². The van der Waals surface area contributed by atoms with Crippen LogP contribution in [0.15, 0.2) is 70.6 Å². The minimum atomic E-state index is -3.70. The molecule has 0 unspecified atom stereocenters. The van der Waals surface area contributed by atoms with E-state index in [1.54, 1.807) is 55.1 Å². The van der Waals surface area contributed by atoms with E-state index in [2.05, 4.69) is 0 Å². The third-order valence-electron chi connectivity index (χ3n) is 5.92. The molecule has 0 bridgehead atoms. The Labute approximate surface area is 230 Å². The highest BCUT2D eigenvalue weighted by Gasteiger charge is 2.32. The van der Waals surface area contributed by atoms with Crippen LogP contribution in [-0.4, -0.2) is 68.3 Å². The Kier molecular flexibility index (Phi) is 8.46. The van der Waals surface area contributed by atoms with Crippen LogP contribution < -0.4 is 0 Å². The average molecular weight is 571 g/mol. The number of para-hydroxylation sites is 1. The van der Waals surface area contributed by atoms with Crippen LogP contribution in [0.5, 0.6) is 0 Å². The molecule has 1 aliphatic rings. The molecule has 2 aromatic carbocycles. The summed E-state index contributed by atoms with van der Waals surface area (Å²) < 4.78 is 29.7. The maximum atomic E-state index is 13.2. The lowest BCUT2D eigenvalue weighted by atomic mass is 10.1. The predicted octanol–water partition coefficient (Wildman–Crippen LogP) is 4.25. The SMILES string of the molecule is CCN(CC)S(=O)(=O)c1cccc(-c2nn(-c3ccccc3)cc2C=C2SC(=S)N(CCC(=O)O)C2=O)c1. The summed E-state index contributed by atoms with van der Waals surface area (Å²) in [4.78, 5) is 25.8. The number of hydrogen-bond acceptors (Lipinski definition) is 7. The summed E-state index contributed by atoms with van der Waals surface area (Å²) in [5, 5.41) is 13.7. The molecule has 1 saturated heterocycles. The lowest BCUT2D eigenvalue weighted by Gasteiger charge is -2.18. The largest absolute Gasteiger partial charge is 0.481 e. The number of hydrogen-bond donors (Lipinski definition) is 1. The maximum Gasteiger partial charge on any atom is 0.305 e. The van der Waals surface area contributed by atoms with Crippen molar-refractivity contribution in [1.29, 1.82) is 0 Å². The third-order valence-corrected chi connectivity index (χ3v) is 9.35. The molecule has 38 heavy (non-hydrogen) atoms. The number of thioether (sulfide) groups is 1. The fraction of sp³-hybridized carbons (Fsp3) is 0.231. The Hall–Kier alpha value is -3.32. The van der Waals surface area contributed by atoms with Crippen molar-refractivity contribution in [1.82, 2.24) is 19.0 Å². The van der Waals surface area contributed by atoms with Gasteiger partial charge < -0.3 is 5.11 Å². The summed E-state index contributed by atoms with van der Waals surface area (Å²) in [6.45, 7) is 4.26. The third kappa shape index (κ3) is 5.73. The zero-order valence-corrected chi connectivity index (χ0v) is 23.2. The molecular weight excluding hydrogens is 545 g/mol. The number of amides is 1. The van der Waals surface area contributed by atoms with Gasteiger partial charge in [0, 0.05) is 37.0 Å². The normalized spacial score (nSPS) is 15.1. The maximum absolute atomic E-state index is 13.2. The van der Waals surface area contributed by atoms with Gasteiger partial charge in [-0.3, -0.25) is 14.5 Å². The number of aliphatic carboxylic acids is 1. The quantitative estimate of drug-likeness (QED) is 0.284. The van der Waals surface area contributed by atoms with E-state index in [9.17, 15) is 18.0 Å². The molecule has 0 spiro atoms. The Morgan fingerprint density at radius 2 is 1.84 bits per heavy atom. The number of carboxylic acid groups (broad SMARTS) is 1. The summed E-state index contributed by atoms with van der Waals surface area (Å²) >= 11 is 6.41. The van der Waals surface area contributed by atoms with Gasteiger partial charge in [0.1, 0.15) is 10.0 Å². The van der Waals surface area contributed by atoms with E-state index < -0.39 is 16.0 Å². The topological polar surface area (TPSA) is 113 Å². The fourth-order valence-electron chi connectivity index (χ4n) is 3.99. The number of carbonyl (C=O) groups excluding carboxylic acids is 1. The molecule has 0 radical (unpaired) electrons. The Morgan fingerprint density at radius 3 is 2.50 bits per heavy atom. The van der Waals surface area contributed by atoms with Crippen LogP contribution in [0.25, 0.3) is 23.0 Å². The second-order valence-electron chi connectivity index (χ2n) is 8.31. The summed E-state index contributed by atoms with van der Waals surface area (Å²) in [5.74, 6) is -1.40. The number of nitrogens with zero attached hydrogens (tertiary/aromatic N) is 4. The smallest absolute Gasteiger partial charge is 0.305 e. The number of sulfonamides is 1. The first-order valence-electron chi connectivity index (χ1n) is 11.9. The minimum Gasteiger partial charge on any atom is -0.481 e. The van der Waals surface area contributed by atoms with Crippen molar-refractivity contribution in [2.45, 2.75) is 25.2 Å². The Morgan fingerprint density at radius 1 is 1.13 bits per heavy atom. The van der Waals surface area contributed by atoms with Crippen molar-refractivity contribution in [2.24, 2.45) is 0 Å². The molecule has 1 N–H and O–H groups in total. The molecule has 9 nitrogen and oxygen atoms in total. The van der Waals surface area contributed by atoms with Gasteiger partial charge >= 0.3 is 5.97 Å². The van der Waals surface area contributed by atoms with Crippen LogP contribution in [0.1, 0.15) is 25.8 Å². The van der Waals surface area contributed by atoms with Crippen LogP contribution in [0.4, 0.5) is 0 Å². The van der Waals surface area contributed by atoms with E-state index in [4.69, 9.17) is 22.4 Å². The molecule has 0 saturated carbocycles. The van der Waals surface area contributed by atoms with E-state index in [0.29, 0.717) is 34.8 Å². The van der Waals surface area contributed by atoms with E-state index >= 15 is 0 Å². The standard InChI is InChI=1S/C26H26N4O5S3/c1-3-28(4-2)38(34,35)21-12-8-9-18(15-21)24-19(17-30(27-24)20-10-6-5-7-11-20)16-22-25(33)29(26(36)37-22)14-13-23(31)32/h5-12,15-17H,3-4,13-14H2,1-2H3,(H,31,32). The number of carbonyl (C=O) groups is 2. The zero-order chi connectivity index (χ0) is 27.4. The lowest BCUT2D eigenvalue weighted by molar-refractivity contribution is -0.137. The number of rotatable bonds is 10. The number of aromatic nitrogens is 2. The highest BCUT2D eigenvalue weighted by molar-refractivity contribution is 8.26. The monoisotopic (exact) mass is 570 g/mol. The van der Waals surface area contributed by atoms with E-state index in [0.717, 1.165) is 17.4 Å². The van der Waals surface area contributed by atoms with Gasteiger partial charge in [-0.05, 0) is 30.3 Å². The van der Waals surface area contributed by atoms with Crippen LogP contribution in [0, 0.1) is 0 Å². The van der Waals surface area contributed by atoms with Gasteiger partial charge in [-0.15, -0.1) is 0 Å².